The van der Waals surface area contributed by atoms with Crippen LogP contribution in [0.25, 0.3) is 0 Å². The summed E-state index contributed by atoms with van der Waals surface area (Å²) >= 11 is 2.02. The van der Waals surface area contributed by atoms with Crippen molar-refractivity contribution in [1.82, 2.24) is 5.32 Å². The molecule has 114 valence electrons. The lowest BCUT2D eigenvalue weighted by atomic mass is 9.95. The average Bonchev–Trinajstić information content (AvgIpc) is 2.37. The summed E-state index contributed by atoms with van der Waals surface area (Å²) in [5, 5.41) is 3.64. The molecule has 2 nitrogen and oxygen atoms in total. The van der Waals surface area contributed by atoms with Crippen molar-refractivity contribution in [3.63, 3.8) is 0 Å². The maximum Gasteiger partial charge on any atom is 0.0470 e. The van der Waals surface area contributed by atoms with Gasteiger partial charge in [-0.25, -0.2) is 0 Å². The van der Waals surface area contributed by atoms with E-state index in [1.54, 1.807) is 7.11 Å². The molecule has 1 rings (SSSR count). The van der Waals surface area contributed by atoms with E-state index < -0.39 is 0 Å². The van der Waals surface area contributed by atoms with Crippen LogP contribution in [-0.2, 0) is 4.74 Å². The fraction of sp³-hybridized carbons (Fsp3) is 0.647. The number of ether oxygens (including phenoxy) is 1. The average molecular weight is 295 g/mol. The van der Waals surface area contributed by atoms with Crippen molar-refractivity contribution in [2.45, 2.75) is 40.2 Å². The third-order valence-corrected chi connectivity index (χ3v) is 4.61. The van der Waals surface area contributed by atoms with E-state index in [1.807, 2.05) is 11.8 Å². The number of hydrogen-bond donors (Lipinski definition) is 1. The van der Waals surface area contributed by atoms with E-state index in [-0.39, 0.29) is 0 Å². The Labute approximate surface area is 128 Å². The van der Waals surface area contributed by atoms with Crippen molar-refractivity contribution < 1.29 is 4.74 Å². The van der Waals surface area contributed by atoms with E-state index >= 15 is 0 Å². The van der Waals surface area contributed by atoms with Gasteiger partial charge in [-0.3, -0.25) is 0 Å². The highest BCUT2D eigenvalue weighted by molar-refractivity contribution is 7.99. The minimum Gasteiger partial charge on any atom is -0.385 e. The molecule has 0 saturated carbocycles. The predicted octanol–water partition coefficient (Wildman–Crippen LogP) is 4.03. The van der Waals surface area contributed by atoms with Gasteiger partial charge in [0.2, 0.25) is 0 Å². The molecule has 3 heteroatoms. The summed E-state index contributed by atoms with van der Waals surface area (Å²) in [6.07, 6.45) is 1.13. The van der Waals surface area contributed by atoms with E-state index in [9.17, 15) is 0 Å². The summed E-state index contributed by atoms with van der Waals surface area (Å²) < 4.78 is 5.10. The second-order valence-electron chi connectivity index (χ2n) is 5.34. The van der Waals surface area contributed by atoms with Crippen LogP contribution in [0.5, 0.6) is 0 Å². The molecular formula is C17H29NOS. The lowest BCUT2D eigenvalue weighted by Crippen LogP contribution is -2.25. The van der Waals surface area contributed by atoms with Crippen LogP contribution in [0.2, 0.25) is 0 Å². The zero-order chi connectivity index (χ0) is 15.0. The fourth-order valence-electron chi connectivity index (χ4n) is 2.74. The van der Waals surface area contributed by atoms with Gasteiger partial charge in [0.05, 0.1) is 0 Å². The third kappa shape index (κ3) is 5.47. The van der Waals surface area contributed by atoms with Crippen LogP contribution in [0.4, 0.5) is 0 Å². The molecule has 20 heavy (non-hydrogen) atoms. The summed E-state index contributed by atoms with van der Waals surface area (Å²) in [4.78, 5) is 0. The quantitative estimate of drug-likeness (QED) is 0.695. The van der Waals surface area contributed by atoms with Gasteiger partial charge >= 0.3 is 0 Å². The minimum absolute atomic E-state index is 0.452. The molecule has 0 bridgehead atoms. The Morgan fingerprint density at radius 1 is 1.20 bits per heavy atom. The first-order valence-corrected chi connectivity index (χ1v) is 8.63. The van der Waals surface area contributed by atoms with Crippen LogP contribution >= 0.6 is 11.8 Å². The molecule has 1 aromatic carbocycles. The third-order valence-electron chi connectivity index (χ3n) is 3.46. The normalized spacial score (nSPS) is 12.7. The second-order valence-corrected chi connectivity index (χ2v) is 6.49. The maximum atomic E-state index is 5.10. The van der Waals surface area contributed by atoms with E-state index in [0.717, 1.165) is 25.3 Å². The Balaban J connectivity index is 2.70. The predicted molar refractivity (Wildman–Crippen MR) is 90.9 cm³/mol. The van der Waals surface area contributed by atoms with Gasteiger partial charge in [-0.2, -0.15) is 11.8 Å². The van der Waals surface area contributed by atoms with Crippen LogP contribution in [0, 0.1) is 20.8 Å². The number of benzene rings is 1. The molecule has 0 spiro atoms. The van der Waals surface area contributed by atoms with Crippen LogP contribution in [-0.4, -0.2) is 31.8 Å². The van der Waals surface area contributed by atoms with Crippen molar-refractivity contribution >= 4 is 11.8 Å². The van der Waals surface area contributed by atoms with Gasteiger partial charge in [0.25, 0.3) is 0 Å². The molecular weight excluding hydrogens is 266 g/mol. The summed E-state index contributed by atoms with van der Waals surface area (Å²) in [6, 6.07) is 5.04. The molecule has 0 radical (unpaired) electrons. The monoisotopic (exact) mass is 295 g/mol. The van der Waals surface area contributed by atoms with Crippen LogP contribution < -0.4 is 5.32 Å². The van der Waals surface area contributed by atoms with Gasteiger partial charge in [-0.05, 0) is 56.2 Å². The first-order chi connectivity index (χ1) is 9.60. The van der Waals surface area contributed by atoms with Crippen molar-refractivity contribution in [3.05, 3.63) is 34.4 Å². The Hall–Kier alpha value is -0.510. The zero-order valence-corrected chi connectivity index (χ0v) is 14.4. The fourth-order valence-corrected chi connectivity index (χ4v) is 3.75. The summed E-state index contributed by atoms with van der Waals surface area (Å²) in [5.74, 6) is 2.29. The molecule has 1 aromatic rings. The molecule has 0 aliphatic rings. The van der Waals surface area contributed by atoms with Gasteiger partial charge in [0, 0.05) is 25.5 Å². The SMILES string of the molecule is CCNC(CSCCCOC)c1c(C)cc(C)cc1C. The zero-order valence-electron chi connectivity index (χ0n) is 13.6. The number of hydrogen-bond acceptors (Lipinski definition) is 3. The molecule has 0 aliphatic carbocycles. The highest BCUT2D eigenvalue weighted by atomic mass is 32.2. The number of rotatable bonds is 9. The molecule has 0 fully saturated rings. The van der Waals surface area contributed by atoms with Gasteiger partial charge in [-0.1, -0.05) is 24.6 Å². The Morgan fingerprint density at radius 3 is 2.40 bits per heavy atom. The standard InChI is InChI=1S/C17H29NOS/c1-6-18-16(12-20-9-7-8-19-5)17-14(3)10-13(2)11-15(17)4/h10-11,16,18H,6-9,12H2,1-5H3. The first-order valence-electron chi connectivity index (χ1n) is 7.48. The molecule has 0 heterocycles. The van der Waals surface area contributed by atoms with E-state index in [2.05, 4.69) is 45.1 Å². The van der Waals surface area contributed by atoms with Gasteiger partial charge in [0.1, 0.15) is 0 Å². The number of nitrogens with one attached hydrogen (secondary N) is 1. The van der Waals surface area contributed by atoms with E-state index in [0.29, 0.717) is 6.04 Å². The maximum absolute atomic E-state index is 5.10. The summed E-state index contributed by atoms with van der Waals surface area (Å²) in [5.41, 5.74) is 5.65. The van der Waals surface area contributed by atoms with Crippen LogP contribution in [0.15, 0.2) is 12.1 Å². The highest BCUT2D eigenvalue weighted by Crippen LogP contribution is 2.26. The van der Waals surface area contributed by atoms with E-state index in [4.69, 9.17) is 4.74 Å². The summed E-state index contributed by atoms with van der Waals surface area (Å²) in [6.45, 7) is 10.7. The number of thioether (sulfide) groups is 1. The van der Waals surface area contributed by atoms with Crippen LogP contribution in [0.3, 0.4) is 0 Å². The smallest absolute Gasteiger partial charge is 0.0470 e. The van der Waals surface area contributed by atoms with Crippen molar-refractivity contribution in [2.75, 3.05) is 31.8 Å². The van der Waals surface area contributed by atoms with Crippen molar-refractivity contribution in [1.29, 1.82) is 0 Å². The van der Waals surface area contributed by atoms with E-state index in [1.165, 1.54) is 28.0 Å². The minimum atomic E-state index is 0.452. The van der Waals surface area contributed by atoms with Crippen molar-refractivity contribution in [3.8, 4) is 0 Å². The van der Waals surface area contributed by atoms with Crippen molar-refractivity contribution in [2.24, 2.45) is 0 Å². The molecule has 0 aromatic heterocycles. The molecule has 1 atom stereocenters. The lowest BCUT2D eigenvalue weighted by Gasteiger charge is -2.23. The highest BCUT2D eigenvalue weighted by Gasteiger charge is 2.15. The number of aryl methyl sites for hydroxylation is 3. The number of methoxy groups -OCH3 is 1. The molecule has 0 aliphatic heterocycles. The Bertz CT molecular complexity index is 383. The Kier molecular flexibility index (Phi) is 8.27. The first kappa shape index (κ1) is 17.5. The summed E-state index contributed by atoms with van der Waals surface area (Å²) in [7, 11) is 1.77. The molecule has 0 saturated heterocycles. The van der Waals surface area contributed by atoms with Gasteiger partial charge in [0.15, 0.2) is 0 Å². The molecule has 0 amide bonds. The molecule has 1 unspecified atom stereocenters. The van der Waals surface area contributed by atoms with Gasteiger partial charge < -0.3 is 10.1 Å². The Morgan fingerprint density at radius 2 is 1.85 bits per heavy atom. The lowest BCUT2D eigenvalue weighted by molar-refractivity contribution is 0.200. The topological polar surface area (TPSA) is 21.3 Å². The molecule has 1 N–H and O–H groups in total. The van der Waals surface area contributed by atoms with Gasteiger partial charge in [-0.15, -0.1) is 0 Å². The van der Waals surface area contributed by atoms with Crippen LogP contribution in [0.1, 0.15) is 41.6 Å². The second kappa shape index (κ2) is 9.43. The largest absolute Gasteiger partial charge is 0.385 e.